The van der Waals surface area contributed by atoms with Gasteiger partial charge < -0.3 is 20.1 Å². The van der Waals surface area contributed by atoms with Crippen LogP contribution in [0.25, 0.3) is 0 Å². The van der Waals surface area contributed by atoms with E-state index < -0.39 is 0 Å². The van der Waals surface area contributed by atoms with Crippen molar-refractivity contribution in [3.63, 3.8) is 0 Å². The minimum atomic E-state index is -0.228. The summed E-state index contributed by atoms with van der Waals surface area (Å²) >= 11 is 0. The van der Waals surface area contributed by atoms with Gasteiger partial charge in [0.1, 0.15) is 0 Å². The molecular formula is C22H23ClN2O3. The Balaban J connectivity index is 0.00000192. The third-order valence-corrected chi connectivity index (χ3v) is 5.45. The Labute approximate surface area is 170 Å². The molecule has 0 saturated heterocycles. The number of halogens is 1. The summed E-state index contributed by atoms with van der Waals surface area (Å²) in [5, 5.41) is 7.13. The molecule has 0 radical (unpaired) electrons. The van der Waals surface area contributed by atoms with Gasteiger partial charge in [0.05, 0.1) is 17.4 Å². The highest BCUT2D eigenvalue weighted by atomic mass is 35.5. The number of fused-ring (bicyclic) bond motifs is 2. The van der Waals surface area contributed by atoms with Crippen LogP contribution in [0.15, 0.2) is 53.7 Å². The average molecular weight is 399 g/mol. The van der Waals surface area contributed by atoms with E-state index in [2.05, 4.69) is 24.5 Å². The SMILES string of the molecule is CC1(C)CC(=O)C2=C(C1)Nc1ccccc1NC2c1ccc2c(c1)OCO2.Cl. The topological polar surface area (TPSA) is 59.6 Å². The lowest BCUT2D eigenvalue weighted by Crippen LogP contribution is -2.31. The molecule has 0 spiro atoms. The van der Waals surface area contributed by atoms with Crippen LogP contribution in [0.1, 0.15) is 38.3 Å². The molecular weight excluding hydrogens is 376 g/mol. The van der Waals surface area contributed by atoms with Crippen molar-refractivity contribution >= 4 is 29.6 Å². The fraction of sp³-hybridized carbons (Fsp3) is 0.318. The smallest absolute Gasteiger partial charge is 0.231 e. The van der Waals surface area contributed by atoms with Crippen molar-refractivity contribution in [2.75, 3.05) is 17.4 Å². The molecule has 3 aliphatic rings. The van der Waals surface area contributed by atoms with E-state index in [1.54, 1.807) is 0 Å². The summed E-state index contributed by atoms with van der Waals surface area (Å²) in [6.07, 6.45) is 1.39. The fourth-order valence-corrected chi connectivity index (χ4v) is 4.23. The van der Waals surface area contributed by atoms with E-state index >= 15 is 0 Å². The van der Waals surface area contributed by atoms with Gasteiger partial charge >= 0.3 is 0 Å². The van der Waals surface area contributed by atoms with Gasteiger partial charge in [-0.2, -0.15) is 0 Å². The zero-order chi connectivity index (χ0) is 18.6. The van der Waals surface area contributed by atoms with Gasteiger partial charge in [0.2, 0.25) is 6.79 Å². The summed E-state index contributed by atoms with van der Waals surface area (Å²) in [4.78, 5) is 13.2. The van der Waals surface area contributed by atoms with Gasteiger partial charge in [-0.1, -0.05) is 32.0 Å². The number of benzene rings is 2. The average Bonchev–Trinajstić information content (AvgIpc) is 3.01. The Hall–Kier alpha value is -2.66. The van der Waals surface area contributed by atoms with Gasteiger partial charge in [-0.05, 0) is 41.7 Å². The first-order chi connectivity index (χ1) is 13.0. The number of ketones is 1. The fourth-order valence-electron chi connectivity index (χ4n) is 4.23. The molecule has 0 fully saturated rings. The summed E-state index contributed by atoms with van der Waals surface area (Å²) < 4.78 is 11.0. The van der Waals surface area contributed by atoms with Crippen LogP contribution in [0.2, 0.25) is 0 Å². The minimum Gasteiger partial charge on any atom is -0.454 e. The van der Waals surface area contributed by atoms with E-state index in [0.29, 0.717) is 6.42 Å². The van der Waals surface area contributed by atoms with Crippen molar-refractivity contribution in [1.82, 2.24) is 0 Å². The van der Waals surface area contributed by atoms with Crippen LogP contribution in [0.4, 0.5) is 11.4 Å². The number of para-hydroxylation sites is 2. The lowest BCUT2D eigenvalue weighted by atomic mass is 9.73. The summed E-state index contributed by atoms with van der Waals surface area (Å²) in [7, 11) is 0. The molecule has 0 bridgehead atoms. The number of hydrogen-bond donors (Lipinski definition) is 2. The van der Waals surface area contributed by atoms with Crippen LogP contribution in [-0.2, 0) is 4.79 Å². The van der Waals surface area contributed by atoms with E-state index in [9.17, 15) is 4.79 Å². The Morgan fingerprint density at radius 3 is 2.57 bits per heavy atom. The Morgan fingerprint density at radius 1 is 1.00 bits per heavy atom. The van der Waals surface area contributed by atoms with Crippen molar-refractivity contribution in [3.8, 4) is 11.5 Å². The molecule has 5 nitrogen and oxygen atoms in total. The molecule has 0 aromatic heterocycles. The molecule has 1 atom stereocenters. The number of Topliss-reactive ketones (excluding diaryl/α,β-unsaturated/α-hetero) is 1. The van der Waals surface area contributed by atoms with Crippen LogP contribution < -0.4 is 20.1 Å². The lowest BCUT2D eigenvalue weighted by molar-refractivity contribution is -0.118. The van der Waals surface area contributed by atoms with Crippen LogP contribution in [0.3, 0.4) is 0 Å². The zero-order valence-electron chi connectivity index (χ0n) is 15.9. The number of carbonyl (C=O) groups excluding carboxylic acids is 1. The van der Waals surface area contributed by atoms with E-state index in [1.165, 1.54) is 0 Å². The molecule has 6 heteroatoms. The lowest BCUT2D eigenvalue weighted by Gasteiger charge is -2.34. The first kappa shape index (κ1) is 18.7. The van der Waals surface area contributed by atoms with Gasteiger partial charge in [-0.15, -0.1) is 12.4 Å². The molecule has 1 aliphatic carbocycles. The van der Waals surface area contributed by atoms with E-state index in [0.717, 1.165) is 46.1 Å². The third kappa shape index (κ3) is 3.10. The molecule has 28 heavy (non-hydrogen) atoms. The highest BCUT2D eigenvalue weighted by Crippen LogP contribution is 2.46. The highest BCUT2D eigenvalue weighted by Gasteiger charge is 2.38. The molecule has 0 amide bonds. The summed E-state index contributed by atoms with van der Waals surface area (Å²) in [5.41, 5.74) is 4.76. The van der Waals surface area contributed by atoms with Crippen LogP contribution >= 0.6 is 12.4 Å². The first-order valence-electron chi connectivity index (χ1n) is 9.29. The van der Waals surface area contributed by atoms with Crippen molar-refractivity contribution < 1.29 is 14.3 Å². The second-order valence-electron chi connectivity index (χ2n) is 8.19. The normalized spacial score (nSPS) is 21.5. The second-order valence-corrected chi connectivity index (χ2v) is 8.19. The van der Waals surface area contributed by atoms with Gasteiger partial charge in [-0.3, -0.25) is 4.79 Å². The number of allylic oxidation sites excluding steroid dienone is 1. The molecule has 0 saturated carbocycles. The molecule has 5 rings (SSSR count). The molecule has 2 aromatic carbocycles. The Kier molecular flexibility index (Phi) is 4.50. The number of anilines is 2. The molecule has 146 valence electrons. The maximum Gasteiger partial charge on any atom is 0.231 e. The van der Waals surface area contributed by atoms with Crippen molar-refractivity contribution in [3.05, 3.63) is 59.3 Å². The van der Waals surface area contributed by atoms with Crippen LogP contribution in [0, 0.1) is 5.41 Å². The number of ether oxygens (including phenoxy) is 2. The van der Waals surface area contributed by atoms with Crippen molar-refractivity contribution in [1.29, 1.82) is 0 Å². The second kappa shape index (κ2) is 6.74. The highest BCUT2D eigenvalue weighted by molar-refractivity contribution is 6.01. The van der Waals surface area contributed by atoms with E-state index in [1.807, 2.05) is 42.5 Å². The van der Waals surface area contributed by atoms with Gasteiger partial charge in [0.25, 0.3) is 0 Å². The monoisotopic (exact) mass is 398 g/mol. The molecule has 2 heterocycles. The first-order valence-corrected chi connectivity index (χ1v) is 9.29. The summed E-state index contributed by atoms with van der Waals surface area (Å²) in [6, 6.07) is 13.8. The molecule has 2 aromatic rings. The number of hydrogen-bond acceptors (Lipinski definition) is 5. The molecule has 2 aliphatic heterocycles. The number of nitrogens with one attached hydrogen (secondary N) is 2. The quantitative estimate of drug-likeness (QED) is 0.703. The predicted molar refractivity (Wildman–Crippen MR) is 111 cm³/mol. The van der Waals surface area contributed by atoms with Crippen LogP contribution in [0.5, 0.6) is 11.5 Å². The van der Waals surface area contributed by atoms with Gasteiger partial charge in [0.15, 0.2) is 17.3 Å². The Morgan fingerprint density at radius 2 is 1.75 bits per heavy atom. The predicted octanol–water partition coefficient (Wildman–Crippen LogP) is 5.06. The standard InChI is InChI=1S/C22H22N2O3.ClH/c1-22(2)10-16-20(17(25)11-22)21(24-15-6-4-3-5-14(15)23-16)13-7-8-18-19(9-13)27-12-26-18;/h3-9,21,23-24H,10-12H2,1-2H3;1H. The largest absolute Gasteiger partial charge is 0.454 e. The van der Waals surface area contributed by atoms with E-state index in [4.69, 9.17) is 9.47 Å². The van der Waals surface area contributed by atoms with E-state index in [-0.39, 0.29) is 36.4 Å². The third-order valence-electron chi connectivity index (χ3n) is 5.45. The Bertz CT molecular complexity index is 983. The maximum absolute atomic E-state index is 13.2. The van der Waals surface area contributed by atoms with Crippen molar-refractivity contribution in [2.45, 2.75) is 32.7 Å². The molecule has 1 unspecified atom stereocenters. The van der Waals surface area contributed by atoms with Crippen molar-refractivity contribution in [2.24, 2.45) is 5.41 Å². The van der Waals surface area contributed by atoms with Gasteiger partial charge in [0, 0.05) is 17.7 Å². The minimum absolute atomic E-state index is 0. The molecule has 2 N–H and O–H groups in total. The van der Waals surface area contributed by atoms with Crippen LogP contribution in [-0.4, -0.2) is 12.6 Å². The maximum atomic E-state index is 13.2. The summed E-state index contributed by atoms with van der Waals surface area (Å²) in [6.45, 7) is 4.54. The zero-order valence-corrected chi connectivity index (χ0v) is 16.7. The van der Waals surface area contributed by atoms with Gasteiger partial charge in [-0.25, -0.2) is 0 Å². The number of rotatable bonds is 1. The number of carbonyl (C=O) groups is 1. The summed E-state index contributed by atoms with van der Waals surface area (Å²) in [5.74, 6) is 1.67.